The first-order chi connectivity index (χ1) is 11.5. The van der Waals surface area contributed by atoms with E-state index in [1.807, 2.05) is 32.0 Å². The summed E-state index contributed by atoms with van der Waals surface area (Å²) >= 11 is 0. The Kier molecular flexibility index (Phi) is 5.05. The summed E-state index contributed by atoms with van der Waals surface area (Å²) in [5, 5.41) is 9.84. The number of nitrogens with zero attached hydrogens (tertiary/aromatic N) is 1. The van der Waals surface area contributed by atoms with E-state index in [2.05, 4.69) is 4.90 Å². The lowest BCUT2D eigenvalue weighted by atomic mass is 10.1. The van der Waals surface area contributed by atoms with Crippen LogP contribution in [0.1, 0.15) is 37.0 Å². The first-order valence-electron chi connectivity index (χ1n) is 8.49. The normalized spacial score (nSPS) is 14.2. The molecule has 0 aromatic heterocycles. The second kappa shape index (κ2) is 7.22. The quantitative estimate of drug-likeness (QED) is 0.859. The molecule has 0 amide bonds. The van der Waals surface area contributed by atoms with Gasteiger partial charge in [0.2, 0.25) is 0 Å². The fourth-order valence-corrected chi connectivity index (χ4v) is 3.16. The average molecular weight is 329 g/mol. The summed E-state index contributed by atoms with van der Waals surface area (Å²) in [7, 11) is 0. The van der Waals surface area contributed by atoms with Crippen LogP contribution in [-0.2, 0) is 19.5 Å². The summed E-state index contributed by atoms with van der Waals surface area (Å²) in [4.78, 5) is 2.34. The minimum atomic E-state index is -0.155. The van der Waals surface area contributed by atoms with E-state index in [0.29, 0.717) is 5.75 Å². The van der Waals surface area contributed by atoms with E-state index in [4.69, 9.17) is 4.74 Å². The summed E-state index contributed by atoms with van der Waals surface area (Å²) in [5.41, 5.74) is 3.49. The standard InChI is InChI=1S/C20H24FNO2/c1-14(2)24-20-10-15(5-8-19(20)23)4-3-9-22-12-16-6-7-18(21)11-17(16)13-22/h5-8,10-11,14,23H,3-4,9,12-13H2,1-2H3. The van der Waals surface area contributed by atoms with Crippen molar-refractivity contribution in [1.29, 1.82) is 0 Å². The number of hydrogen-bond donors (Lipinski definition) is 1. The van der Waals surface area contributed by atoms with E-state index < -0.39 is 0 Å². The number of benzene rings is 2. The SMILES string of the molecule is CC(C)Oc1cc(CCCN2Cc3ccc(F)cc3C2)ccc1O. The molecule has 2 aromatic rings. The number of hydrogen-bond acceptors (Lipinski definition) is 3. The van der Waals surface area contributed by atoms with Crippen molar-refractivity contribution < 1.29 is 14.2 Å². The molecule has 0 radical (unpaired) electrons. The van der Waals surface area contributed by atoms with Crippen molar-refractivity contribution in [3.8, 4) is 11.5 Å². The van der Waals surface area contributed by atoms with Gasteiger partial charge in [-0.05, 0) is 74.2 Å². The first-order valence-corrected chi connectivity index (χ1v) is 8.49. The number of phenols is 1. The molecule has 0 saturated heterocycles. The van der Waals surface area contributed by atoms with Gasteiger partial charge in [-0.3, -0.25) is 4.90 Å². The van der Waals surface area contributed by atoms with Gasteiger partial charge in [-0.1, -0.05) is 12.1 Å². The van der Waals surface area contributed by atoms with Crippen LogP contribution in [0, 0.1) is 5.82 Å². The van der Waals surface area contributed by atoms with Crippen LogP contribution in [-0.4, -0.2) is 22.7 Å². The second-order valence-electron chi connectivity index (χ2n) is 6.70. The van der Waals surface area contributed by atoms with E-state index >= 15 is 0 Å². The van der Waals surface area contributed by atoms with Gasteiger partial charge in [-0.2, -0.15) is 0 Å². The Morgan fingerprint density at radius 1 is 1.12 bits per heavy atom. The molecule has 0 spiro atoms. The zero-order valence-corrected chi connectivity index (χ0v) is 14.3. The van der Waals surface area contributed by atoms with Gasteiger partial charge >= 0.3 is 0 Å². The summed E-state index contributed by atoms with van der Waals surface area (Å²) in [6.07, 6.45) is 1.98. The third-order valence-electron chi connectivity index (χ3n) is 4.28. The first kappa shape index (κ1) is 16.8. The predicted octanol–water partition coefficient (Wildman–Crippen LogP) is 4.27. The Morgan fingerprint density at radius 3 is 2.71 bits per heavy atom. The monoisotopic (exact) mass is 329 g/mol. The molecule has 0 bridgehead atoms. The Morgan fingerprint density at radius 2 is 1.92 bits per heavy atom. The van der Waals surface area contributed by atoms with Gasteiger partial charge in [0.15, 0.2) is 11.5 Å². The number of aromatic hydroxyl groups is 1. The molecule has 1 aliphatic heterocycles. The van der Waals surface area contributed by atoms with E-state index in [1.165, 1.54) is 11.6 Å². The molecule has 0 saturated carbocycles. The summed E-state index contributed by atoms with van der Waals surface area (Å²) in [5.74, 6) is 0.577. The van der Waals surface area contributed by atoms with Crippen LogP contribution < -0.4 is 4.74 Å². The molecular weight excluding hydrogens is 305 g/mol. The molecule has 4 heteroatoms. The van der Waals surface area contributed by atoms with Gasteiger partial charge in [-0.25, -0.2) is 4.39 Å². The van der Waals surface area contributed by atoms with Crippen LogP contribution >= 0.6 is 0 Å². The minimum absolute atomic E-state index is 0.0367. The number of halogens is 1. The molecule has 24 heavy (non-hydrogen) atoms. The highest BCUT2D eigenvalue weighted by Crippen LogP contribution is 2.29. The number of fused-ring (bicyclic) bond motifs is 1. The molecule has 3 nitrogen and oxygen atoms in total. The van der Waals surface area contributed by atoms with E-state index in [0.717, 1.165) is 43.6 Å². The van der Waals surface area contributed by atoms with Crippen molar-refractivity contribution in [2.24, 2.45) is 0 Å². The number of ether oxygens (including phenoxy) is 1. The van der Waals surface area contributed by atoms with Gasteiger partial charge < -0.3 is 9.84 Å². The molecule has 0 aliphatic carbocycles. The molecule has 3 rings (SSSR count). The fraction of sp³-hybridized carbons (Fsp3) is 0.400. The van der Waals surface area contributed by atoms with Crippen LogP contribution in [0.4, 0.5) is 4.39 Å². The lowest BCUT2D eigenvalue weighted by Crippen LogP contribution is -2.18. The van der Waals surface area contributed by atoms with Gasteiger partial charge in [0.05, 0.1) is 6.10 Å². The lowest BCUT2D eigenvalue weighted by Gasteiger charge is -2.15. The van der Waals surface area contributed by atoms with Crippen LogP contribution in [0.3, 0.4) is 0 Å². The molecule has 0 atom stereocenters. The average Bonchev–Trinajstić information content (AvgIpc) is 2.91. The van der Waals surface area contributed by atoms with E-state index in [1.54, 1.807) is 12.1 Å². The van der Waals surface area contributed by atoms with E-state index in [-0.39, 0.29) is 17.7 Å². The van der Waals surface area contributed by atoms with Crippen molar-refractivity contribution in [3.05, 3.63) is 58.9 Å². The fourth-order valence-electron chi connectivity index (χ4n) is 3.16. The largest absolute Gasteiger partial charge is 0.504 e. The Balaban J connectivity index is 1.52. The Labute approximate surface area is 142 Å². The number of aryl methyl sites for hydroxylation is 1. The summed E-state index contributed by atoms with van der Waals surface area (Å²) in [6, 6.07) is 10.6. The zero-order valence-electron chi connectivity index (χ0n) is 14.3. The Bertz CT molecular complexity index is 715. The smallest absolute Gasteiger partial charge is 0.161 e. The lowest BCUT2D eigenvalue weighted by molar-refractivity contribution is 0.231. The van der Waals surface area contributed by atoms with Crippen molar-refractivity contribution >= 4 is 0 Å². The molecule has 0 unspecified atom stereocenters. The molecule has 128 valence electrons. The highest BCUT2D eigenvalue weighted by Gasteiger charge is 2.18. The zero-order chi connectivity index (χ0) is 17.1. The number of phenolic OH excluding ortho intramolecular Hbond substituents is 1. The van der Waals surface area contributed by atoms with Crippen molar-refractivity contribution in [3.63, 3.8) is 0 Å². The minimum Gasteiger partial charge on any atom is -0.504 e. The van der Waals surface area contributed by atoms with Crippen molar-refractivity contribution in [2.75, 3.05) is 6.54 Å². The van der Waals surface area contributed by atoms with E-state index in [9.17, 15) is 9.50 Å². The van der Waals surface area contributed by atoms with Crippen molar-refractivity contribution in [2.45, 2.75) is 45.9 Å². The Hall–Kier alpha value is -2.07. The molecule has 1 aliphatic rings. The molecule has 1 heterocycles. The molecular formula is C20H24FNO2. The highest BCUT2D eigenvalue weighted by atomic mass is 19.1. The van der Waals surface area contributed by atoms with Gasteiger partial charge in [0.1, 0.15) is 5.82 Å². The molecule has 2 aromatic carbocycles. The summed E-state index contributed by atoms with van der Waals surface area (Å²) < 4.78 is 18.9. The van der Waals surface area contributed by atoms with Crippen LogP contribution in [0.2, 0.25) is 0 Å². The van der Waals surface area contributed by atoms with Crippen LogP contribution in [0.5, 0.6) is 11.5 Å². The van der Waals surface area contributed by atoms with Gasteiger partial charge in [0, 0.05) is 13.1 Å². The summed E-state index contributed by atoms with van der Waals surface area (Å²) in [6.45, 7) is 6.58. The molecule has 1 N–H and O–H groups in total. The predicted molar refractivity (Wildman–Crippen MR) is 92.7 cm³/mol. The maximum atomic E-state index is 13.3. The topological polar surface area (TPSA) is 32.7 Å². The number of rotatable bonds is 6. The van der Waals surface area contributed by atoms with Crippen molar-refractivity contribution in [1.82, 2.24) is 4.90 Å². The van der Waals surface area contributed by atoms with Crippen LogP contribution in [0.25, 0.3) is 0 Å². The van der Waals surface area contributed by atoms with Crippen LogP contribution in [0.15, 0.2) is 36.4 Å². The van der Waals surface area contributed by atoms with Gasteiger partial charge in [0.25, 0.3) is 0 Å². The maximum Gasteiger partial charge on any atom is 0.161 e. The second-order valence-corrected chi connectivity index (χ2v) is 6.70. The maximum absolute atomic E-state index is 13.3. The highest BCUT2D eigenvalue weighted by molar-refractivity contribution is 5.42. The third kappa shape index (κ3) is 4.06. The molecule has 0 fully saturated rings. The van der Waals surface area contributed by atoms with Gasteiger partial charge in [-0.15, -0.1) is 0 Å². The third-order valence-corrected chi connectivity index (χ3v) is 4.28.